The molecule has 2 amide bonds. The fraction of sp³-hybridized carbons (Fsp3) is 0.435. The number of amides is 2. The normalized spacial score (nSPS) is 13.4. The van der Waals surface area contributed by atoms with E-state index in [2.05, 4.69) is 26.1 Å². The Bertz CT molecular complexity index is 861. The van der Waals surface area contributed by atoms with Crippen LogP contribution >= 0.6 is 0 Å². The number of ether oxygens (including phenoxy) is 2. The molecule has 2 aromatic rings. The molecule has 0 saturated carbocycles. The van der Waals surface area contributed by atoms with Crippen molar-refractivity contribution in [2.24, 2.45) is 0 Å². The Balaban J connectivity index is 1.69. The van der Waals surface area contributed by atoms with Crippen molar-refractivity contribution in [1.82, 2.24) is 4.90 Å². The fourth-order valence-electron chi connectivity index (χ4n) is 3.27. The van der Waals surface area contributed by atoms with Gasteiger partial charge in [-0.2, -0.15) is 0 Å². The summed E-state index contributed by atoms with van der Waals surface area (Å²) in [4.78, 5) is 14.7. The summed E-state index contributed by atoms with van der Waals surface area (Å²) in [5.74, 6) is 0.835. The first-order valence-electron chi connectivity index (χ1n) is 9.77. The van der Waals surface area contributed by atoms with E-state index >= 15 is 0 Å². The molecule has 28 heavy (non-hydrogen) atoms. The number of methoxy groups -OCH3 is 1. The molecule has 5 heteroatoms. The Kier molecular flexibility index (Phi) is 5.94. The molecule has 1 aliphatic heterocycles. The SMILES string of the molecule is CCC(C)(C)OCc1cccc(NC(=O)N2Cc3cccc(OC)c3C2)c1C. The van der Waals surface area contributed by atoms with Crippen molar-refractivity contribution in [2.75, 3.05) is 12.4 Å². The summed E-state index contributed by atoms with van der Waals surface area (Å²) in [7, 11) is 1.66. The largest absolute Gasteiger partial charge is 0.496 e. The van der Waals surface area contributed by atoms with Crippen molar-refractivity contribution < 1.29 is 14.3 Å². The van der Waals surface area contributed by atoms with Crippen molar-refractivity contribution in [1.29, 1.82) is 0 Å². The molecule has 0 spiro atoms. The van der Waals surface area contributed by atoms with Gasteiger partial charge in [-0.1, -0.05) is 31.2 Å². The Morgan fingerprint density at radius 1 is 1.18 bits per heavy atom. The molecule has 0 aromatic heterocycles. The summed E-state index contributed by atoms with van der Waals surface area (Å²) in [6, 6.07) is 11.8. The third-order valence-electron chi connectivity index (χ3n) is 5.60. The summed E-state index contributed by atoms with van der Waals surface area (Å²) in [5, 5.41) is 3.07. The van der Waals surface area contributed by atoms with Gasteiger partial charge in [0.2, 0.25) is 0 Å². The lowest BCUT2D eigenvalue weighted by molar-refractivity contribution is -0.0317. The summed E-state index contributed by atoms with van der Waals surface area (Å²) in [6.07, 6.45) is 0.946. The molecule has 0 saturated heterocycles. The van der Waals surface area contributed by atoms with E-state index in [9.17, 15) is 4.79 Å². The standard InChI is InChI=1S/C23H30N2O3/c1-6-23(3,4)28-15-18-10-7-11-20(16(18)2)24-22(26)25-13-17-9-8-12-21(27-5)19(17)14-25/h7-12H,6,13-15H2,1-5H3,(H,24,26). The predicted molar refractivity (Wildman–Crippen MR) is 112 cm³/mol. The number of hydrogen-bond donors (Lipinski definition) is 1. The number of fused-ring (bicyclic) bond motifs is 1. The van der Waals surface area contributed by atoms with E-state index in [0.29, 0.717) is 19.7 Å². The second-order valence-electron chi connectivity index (χ2n) is 7.88. The van der Waals surface area contributed by atoms with Gasteiger partial charge in [0.1, 0.15) is 5.75 Å². The number of nitrogens with one attached hydrogen (secondary N) is 1. The van der Waals surface area contributed by atoms with Crippen LogP contribution in [0.4, 0.5) is 10.5 Å². The number of benzene rings is 2. The van der Waals surface area contributed by atoms with Crippen LogP contribution in [0.15, 0.2) is 36.4 Å². The zero-order chi connectivity index (χ0) is 20.3. The molecule has 0 aliphatic carbocycles. The lowest BCUT2D eigenvalue weighted by atomic mass is 10.1. The van der Waals surface area contributed by atoms with Gasteiger partial charge in [-0.3, -0.25) is 0 Å². The summed E-state index contributed by atoms with van der Waals surface area (Å²) < 4.78 is 11.5. The first kappa shape index (κ1) is 20.2. The molecule has 1 N–H and O–H groups in total. The Morgan fingerprint density at radius 3 is 2.64 bits per heavy atom. The molecule has 3 rings (SSSR count). The number of hydrogen-bond acceptors (Lipinski definition) is 3. The van der Waals surface area contributed by atoms with Crippen LogP contribution in [-0.4, -0.2) is 23.6 Å². The van der Waals surface area contributed by atoms with Gasteiger partial charge in [-0.15, -0.1) is 0 Å². The number of nitrogens with zero attached hydrogens (tertiary/aromatic N) is 1. The van der Waals surface area contributed by atoms with E-state index in [1.54, 1.807) is 12.0 Å². The summed E-state index contributed by atoms with van der Waals surface area (Å²) in [5.41, 5.74) is 5.01. The number of urea groups is 1. The predicted octanol–water partition coefficient (Wildman–Crippen LogP) is 5.26. The summed E-state index contributed by atoms with van der Waals surface area (Å²) >= 11 is 0. The number of anilines is 1. The van der Waals surface area contributed by atoms with Gasteiger partial charge in [0.15, 0.2) is 0 Å². The van der Waals surface area contributed by atoms with E-state index < -0.39 is 0 Å². The molecule has 5 nitrogen and oxygen atoms in total. The lowest BCUT2D eigenvalue weighted by Gasteiger charge is -2.24. The molecule has 1 heterocycles. The minimum Gasteiger partial charge on any atom is -0.496 e. The molecule has 0 bridgehead atoms. The van der Waals surface area contributed by atoms with E-state index in [0.717, 1.165) is 40.1 Å². The molecular formula is C23H30N2O3. The van der Waals surface area contributed by atoms with Crippen molar-refractivity contribution in [3.05, 3.63) is 58.7 Å². The van der Waals surface area contributed by atoms with Gasteiger partial charge in [0, 0.05) is 17.8 Å². The van der Waals surface area contributed by atoms with Gasteiger partial charge in [0.25, 0.3) is 0 Å². The van der Waals surface area contributed by atoms with Gasteiger partial charge in [-0.25, -0.2) is 4.79 Å². The van der Waals surface area contributed by atoms with Crippen LogP contribution in [0.1, 0.15) is 49.4 Å². The van der Waals surface area contributed by atoms with Crippen LogP contribution in [0.5, 0.6) is 5.75 Å². The molecule has 150 valence electrons. The highest BCUT2D eigenvalue weighted by atomic mass is 16.5. The van der Waals surface area contributed by atoms with E-state index in [4.69, 9.17) is 9.47 Å². The van der Waals surface area contributed by atoms with Crippen LogP contribution in [0.3, 0.4) is 0 Å². The van der Waals surface area contributed by atoms with Crippen molar-refractivity contribution in [3.63, 3.8) is 0 Å². The number of rotatable bonds is 6. The molecule has 0 fully saturated rings. The average Bonchev–Trinajstić information content (AvgIpc) is 3.13. The van der Waals surface area contributed by atoms with E-state index in [1.807, 2.05) is 43.3 Å². The van der Waals surface area contributed by atoms with E-state index in [-0.39, 0.29) is 11.6 Å². The Labute approximate surface area is 167 Å². The monoisotopic (exact) mass is 382 g/mol. The smallest absolute Gasteiger partial charge is 0.322 e. The second-order valence-corrected chi connectivity index (χ2v) is 7.88. The highest BCUT2D eigenvalue weighted by Gasteiger charge is 2.26. The maximum atomic E-state index is 12.9. The topological polar surface area (TPSA) is 50.8 Å². The third kappa shape index (κ3) is 4.30. The highest BCUT2D eigenvalue weighted by Crippen LogP contribution is 2.31. The maximum absolute atomic E-state index is 12.9. The van der Waals surface area contributed by atoms with Crippen molar-refractivity contribution in [2.45, 2.75) is 59.4 Å². The quantitative estimate of drug-likeness (QED) is 0.742. The zero-order valence-corrected chi connectivity index (χ0v) is 17.5. The summed E-state index contributed by atoms with van der Waals surface area (Å²) in [6.45, 7) is 9.99. The number of carbonyl (C=O) groups excluding carboxylic acids is 1. The van der Waals surface area contributed by atoms with Gasteiger partial charge >= 0.3 is 6.03 Å². The Hall–Kier alpha value is -2.53. The molecule has 2 aromatic carbocycles. The third-order valence-corrected chi connectivity index (χ3v) is 5.60. The molecule has 0 radical (unpaired) electrons. The van der Waals surface area contributed by atoms with Crippen LogP contribution in [0, 0.1) is 6.92 Å². The van der Waals surface area contributed by atoms with Crippen molar-refractivity contribution in [3.8, 4) is 5.75 Å². The number of carbonyl (C=O) groups is 1. The first-order valence-corrected chi connectivity index (χ1v) is 9.77. The molecule has 0 atom stereocenters. The van der Waals surface area contributed by atoms with Gasteiger partial charge in [-0.05, 0) is 56.0 Å². The highest BCUT2D eigenvalue weighted by molar-refractivity contribution is 5.90. The van der Waals surface area contributed by atoms with Crippen LogP contribution < -0.4 is 10.1 Å². The second kappa shape index (κ2) is 8.23. The van der Waals surface area contributed by atoms with Crippen LogP contribution in [0.2, 0.25) is 0 Å². The Morgan fingerprint density at radius 2 is 1.93 bits per heavy atom. The lowest BCUT2D eigenvalue weighted by Crippen LogP contribution is -2.30. The van der Waals surface area contributed by atoms with E-state index in [1.165, 1.54) is 0 Å². The van der Waals surface area contributed by atoms with Crippen LogP contribution in [0.25, 0.3) is 0 Å². The average molecular weight is 383 g/mol. The van der Waals surface area contributed by atoms with Gasteiger partial charge in [0.05, 0.1) is 25.9 Å². The maximum Gasteiger partial charge on any atom is 0.322 e. The van der Waals surface area contributed by atoms with Crippen molar-refractivity contribution >= 4 is 11.7 Å². The minimum absolute atomic E-state index is 0.103. The molecule has 0 unspecified atom stereocenters. The molecule has 1 aliphatic rings. The molecular weight excluding hydrogens is 352 g/mol. The fourth-order valence-corrected chi connectivity index (χ4v) is 3.27. The minimum atomic E-state index is -0.161. The van der Waals surface area contributed by atoms with Gasteiger partial charge < -0.3 is 19.7 Å². The first-order chi connectivity index (χ1) is 13.3. The zero-order valence-electron chi connectivity index (χ0n) is 17.5. The van der Waals surface area contributed by atoms with Crippen LogP contribution in [-0.2, 0) is 24.4 Å².